The number of anilines is 1. The lowest BCUT2D eigenvalue weighted by Gasteiger charge is -2.12. The van der Waals surface area contributed by atoms with Gasteiger partial charge in [-0.05, 0) is 13.3 Å². The van der Waals surface area contributed by atoms with Crippen LogP contribution in [0.2, 0.25) is 0 Å². The lowest BCUT2D eigenvalue weighted by atomic mass is 10.4. The molecule has 0 aliphatic carbocycles. The van der Waals surface area contributed by atoms with Crippen LogP contribution >= 0.6 is 0 Å². The molecule has 10 heteroatoms. The molecule has 1 unspecified atom stereocenters. The van der Waals surface area contributed by atoms with Crippen LogP contribution in [0.25, 0.3) is 11.2 Å². The van der Waals surface area contributed by atoms with Gasteiger partial charge >= 0.3 is 5.69 Å². The van der Waals surface area contributed by atoms with Gasteiger partial charge in [0.05, 0.1) is 19.0 Å². The van der Waals surface area contributed by atoms with Gasteiger partial charge in [0.25, 0.3) is 5.56 Å². The Morgan fingerprint density at radius 1 is 1.40 bits per heavy atom. The van der Waals surface area contributed by atoms with Crippen LogP contribution < -0.4 is 16.6 Å². The summed E-state index contributed by atoms with van der Waals surface area (Å²) in [5.74, 6) is 0.452. The van der Waals surface area contributed by atoms with E-state index in [4.69, 9.17) is 0 Å². The first-order chi connectivity index (χ1) is 12.0. The molecular weight excluding hydrogens is 326 g/mol. The summed E-state index contributed by atoms with van der Waals surface area (Å²) in [4.78, 5) is 34.6. The Bertz CT molecular complexity index is 966. The van der Waals surface area contributed by atoms with Crippen LogP contribution in [0.1, 0.15) is 13.3 Å². The van der Waals surface area contributed by atoms with Crippen molar-refractivity contribution in [3.8, 4) is 0 Å². The molecule has 0 spiro atoms. The number of hydrogen-bond acceptors (Lipinski definition) is 6. The van der Waals surface area contributed by atoms with Crippen molar-refractivity contribution < 1.29 is 5.11 Å². The van der Waals surface area contributed by atoms with Gasteiger partial charge in [-0.2, -0.15) is 4.98 Å². The largest absolute Gasteiger partial charge is 0.392 e. The molecule has 3 rings (SSSR count). The van der Waals surface area contributed by atoms with Gasteiger partial charge in [-0.3, -0.25) is 14.3 Å². The highest BCUT2D eigenvalue weighted by Crippen LogP contribution is 2.16. The number of aliphatic hydroxyl groups is 1. The molecule has 134 valence electrons. The van der Waals surface area contributed by atoms with Crippen molar-refractivity contribution in [3.63, 3.8) is 0 Å². The Morgan fingerprint density at radius 2 is 2.20 bits per heavy atom. The molecule has 0 fully saturated rings. The second-order valence-corrected chi connectivity index (χ2v) is 5.97. The zero-order valence-electron chi connectivity index (χ0n) is 14.1. The number of aromatic amines is 1. The number of aliphatic hydroxyl groups excluding tert-OH is 1. The summed E-state index contributed by atoms with van der Waals surface area (Å²) in [5.41, 5.74) is -0.491. The molecule has 0 aliphatic heterocycles. The molecule has 0 aromatic carbocycles. The van der Waals surface area contributed by atoms with Gasteiger partial charge in [0.1, 0.15) is 0 Å². The molecule has 3 heterocycles. The average molecular weight is 347 g/mol. The maximum absolute atomic E-state index is 12.2. The smallest absolute Gasteiger partial charge is 0.329 e. The van der Waals surface area contributed by atoms with Crippen molar-refractivity contribution >= 4 is 17.1 Å². The Morgan fingerprint density at radius 3 is 2.88 bits per heavy atom. The van der Waals surface area contributed by atoms with Crippen LogP contribution in [0.4, 0.5) is 5.95 Å². The van der Waals surface area contributed by atoms with Gasteiger partial charge in [-0.25, -0.2) is 9.78 Å². The van der Waals surface area contributed by atoms with Crippen molar-refractivity contribution in [2.75, 3.05) is 11.9 Å². The highest BCUT2D eigenvalue weighted by Gasteiger charge is 2.18. The van der Waals surface area contributed by atoms with E-state index in [0.29, 0.717) is 12.5 Å². The number of aromatic nitrogens is 6. The van der Waals surface area contributed by atoms with Crippen molar-refractivity contribution in [3.05, 3.63) is 39.6 Å². The van der Waals surface area contributed by atoms with E-state index in [1.165, 1.54) is 4.57 Å². The number of imidazole rings is 2. The molecule has 25 heavy (non-hydrogen) atoms. The van der Waals surface area contributed by atoms with Crippen LogP contribution in [-0.4, -0.2) is 46.4 Å². The van der Waals surface area contributed by atoms with Gasteiger partial charge < -0.3 is 19.6 Å². The quantitative estimate of drug-likeness (QED) is 0.495. The minimum atomic E-state index is -0.666. The van der Waals surface area contributed by atoms with Crippen molar-refractivity contribution in [1.82, 2.24) is 28.7 Å². The minimum absolute atomic E-state index is 0.196. The second kappa shape index (κ2) is 6.93. The van der Waals surface area contributed by atoms with Gasteiger partial charge in [0.15, 0.2) is 11.2 Å². The molecule has 3 N–H and O–H groups in total. The molecule has 3 aromatic heterocycles. The Balaban J connectivity index is 1.87. The molecule has 1 atom stereocenters. The fourth-order valence-corrected chi connectivity index (χ4v) is 2.69. The van der Waals surface area contributed by atoms with E-state index in [-0.39, 0.29) is 17.7 Å². The number of nitrogens with zero attached hydrogens (tertiary/aromatic N) is 5. The minimum Gasteiger partial charge on any atom is -0.392 e. The molecule has 0 saturated heterocycles. The van der Waals surface area contributed by atoms with Crippen LogP contribution in [0.3, 0.4) is 0 Å². The number of nitrogens with one attached hydrogen (secondary N) is 2. The second-order valence-electron chi connectivity index (χ2n) is 5.97. The molecule has 0 amide bonds. The summed E-state index contributed by atoms with van der Waals surface area (Å²) in [5, 5.41) is 12.9. The third kappa shape index (κ3) is 3.48. The number of aryl methyl sites for hydroxylation is 2. The zero-order chi connectivity index (χ0) is 18.0. The van der Waals surface area contributed by atoms with Gasteiger partial charge in [-0.15, -0.1) is 0 Å². The van der Waals surface area contributed by atoms with E-state index in [1.807, 2.05) is 10.8 Å². The Labute approximate surface area is 142 Å². The van der Waals surface area contributed by atoms with Gasteiger partial charge in [-0.1, -0.05) is 0 Å². The lowest BCUT2D eigenvalue weighted by Crippen LogP contribution is -2.29. The summed E-state index contributed by atoms with van der Waals surface area (Å²) in [7, 11) is 1.54. The predicted molar refractivity (Wildman–Crippen MR) is 92.6 cm³/mol. The first-order valence-electron chi connectivity index (χ1n) is 8.04. The maximum atomic E-state index is 12.2. The number of H-pyrrole nitrogens is 1. The first-order valence-corrected chi connectivity index (χ1v) is 8.04. The fourth-order valence-electron chi connectivity index (χ4n) is 2.69. The van der Waals surface area contributed by atoms with Crippen molar-refractivity contribution in [2.45, 2.75) is 32.5 Å². The molecular formula is C15H21N7O3. The van der Waals surface area contributed by atoms with E-state index in [0.717, 1.165) is 13.0 Å². The third-order valence-corrected chi connectivity index (χ3v) is 3.89. The van der Waals surface area contributed by atoms with E-state index in [1.54, 1.807) is 31.1 Å². The van der Waals surface area contributed by atoms with Crippen LogP contribution in [0.15, 0.2) is 28.3 Å². The normalized spacial score (nSPS) is 12.6. The van der Waals surface area contributed by atoms with E-state index in [9.17, 15) is 14.7 Å². The lowest BCUT2D eigenvalue weighted by molar-refractivity contribution is 0.175. The topological polar surface area (TPSA) is 123 Å². The highest BCUT2D eigenvalue weighted by atomic mass is 16.3. The van der Waals surface area contributed by atoms with Gasteiger partial charge in [0, 0.05) is 32.5 Å². The maximum Gasteiger partial charge on any atom is 0.329 e. The molecule has 0 saturated carbocycles. The summed E-state index contributed by atoms with van der Waals surface area (Å²) in [6.07, 6.45) is 5.52. The molecule has 0 aliphatic rings. The standard InChI is InChI=1S/C15H21N7O3/c1-10(23)8-22-11-12(20(2)15(25)19-13(11)24)18-14(22)17-4-3-6-21-7-5-16-9-21/h5,7,9-10,23H,3-4,6,8H2,1-2H3,(H,17,18)(H,19,24,25). The van der Waals surface area contributed by atoms with Gasteiger partial charge in [0.2, 0.25) is 5.95 Å². The SMILES string of the molecule is CC(O)Cn1c(NCCCn2ccnc2)nc2c1c(=O)[nH]c(=O)n2C. The first kappa shape index (κ1) is 17.0. The molecule has 0 radical (unpaired) electrons. The third-order valence-electron chi connectivity index (χ3n) is 3.89. The summed E-state index contributed by atoms with van der Waals surface area (Å²) in [6.45, 7) is 3.24. The van der Waals surface area contributed by atoms with E-state index >= 15 is 0 Å². The summed E-state index contributed by atoms with van der Waals surface area (Å²) < 4.78 is 4.86. The highest BCUT2D eigenvalue weighted by molar-refractivity contribution is 5.74. The summed E-state index contributed by atoms with van der Waals surface area (Å²) in [6, 6.07) is 0. The van der Waals surface area contributed by atoms with Crippen LogP contribution in [0, 0.1) is 0 Å². The Hall–Kier alpha value is -2.88. The van der Waals surface area contributed by atoms with E-state index < -0.39 is 17.4 Å². The number of rotatable bonds is 7. The van der Waals surface area contributed by atoms with Crippen molar-refractivity contribution in [2.24, 2.45) is 7.05 Å². The van der Waals surface area contributed by atoms with Crippen LogP contribution in [-0.2, 0) is 20.1 Å². The van der Waals surface area contributed by atoms with E-state index in [2.05, 4.69) is 20.3 Å². The zero-order valence-corrected chi connectivity index (χ0v) is 14.1. The average Bonchev–Trinajstić information content (AvgIpc) is 3.17. The molecule has 3 aromatic rings. The fraction of sp³-hybridized carbons (Fsp3) is 0.467. The summed E-state index contributed by atoms with van der Waals surface area (Å²) >= 11 is 0. The predicted octanol–water partition coefficient (Wildman–Crippen LogP) is -0.497. The van der Waals surface area contributed by atoms with Crippen LogP contribution in [0.5, 0.6) is 0 Å². The monoisotopic (exact) mass is 347 g/mol. The Kier molecular flexibility index (Phi) is 4.70. The number of hydrogen-bond donors (Lipinski definition) is 3. The molecule has 0 bridgehead atoms. The number of fused-ring (bicyclic) bond motifs is 1. The van der Waals surface area contributed by atoms with Crippen molar-refractivity contribution in [1.29, 1.82) is 0 Å². The molecule has 10 nitrogen and oxygen atoms in total.